The van der Waals surface area contributed by atoms with Crippen LogP contribution in [-0.4, -0.2) is 12.6 Å². The zero-order valence-electron chi connectivity index (χ0n) is 6.76. The summed E-state index contributed by atoms with van der Waals surface area (Å²) in [5.74, 6) is 0.295. The summed E-state index contributed by atoms with van der Waals surface area (Å²) < 4.78 is 4.67. The van der Waals surface area contributed by atoms with Crippen molar-refractivity contribution in [2.75, 3.05) is 6.61 Å². The van der Waals surface area contributed by atoms with E-state index in [0.29, 0.717) is 12.5 Å². The van der Waals surface area contributed by atoms with Crippen molar-refractivity contribution in [3.05, 3.63) is 12.2 Å². The monoisotopic (exact) mass is 142 g/mol. The average Bonchev–Trinajstić information content (AvgIpc) is 1.79. The van der Waals surface area contributed by atoms with Crippen molar-refractivity contribution in [3.8, 4) is 0 Å². The number of esters is 1. The van der Waals surface area contributed by atoms with E-state index in [0.717, 1.165) is 0 Å². The molecule has 2 heteroatoms. The molecule has 58 valence electrons. The summed E-state index contributed by atoms with van der Waals surface area (Å²) in [6.07, 6.45) is 3.86. The highest BCUT2D eigenvalue weighted by Crippen LogP contribution is 1.92. The maximum absolute atomic E-state index is 10.2. The van der Waals surface area contributed by atoms with E-state index < -0.39 is 0 Å². The van der Waals surface area contributed by atoms with Gasteiger partial charge in [-0.05, 0) is 5.92 Å². The van der Waals surface area contributed by atoms with Gasteiger partial charge in [-0.15, -0.1) is 0 Å². The highest BCUT2D eigenvalue weighted by atomic mass is 16.5. The normalized spacial score (nSPS) is 10.8. The van der Waals surface area contributed by atoms with Crippen molar-refractivity contribution in [2.24, 2.45) is 5.92 Å². The molecule has 0 N–H and O–H groups in total. The highest BCUT2D eigenvalue weighted by Gasteiger charge is 1.87. The largest absolute Gasteiger partial charge is 0.462 e. The van der Waals surface area contributed by atoms with Gasteiger partial charge in [0.25, 0.3) is 0 Å². The van der Waals surface area contributed by atoms with Crippen molar-refractivity contribution < 1.29 is 9.53 Å². The first-order chi connectivity index (χ1) is 4.63. The minimum absolute atomic E-state index is 0.228. The van der Waals surface area contributed by atoms with Crippen molar-refractivity contribution in [2.45, 2.75) is 20.8 Å². The van der Waals surface area contributed by atoms with E-state index in [1.54, 1.807) is 0 Å². The Balaban J connectivity index is 3.27. The van der Waals surface area contributed by atoms with Crippen LogP contribution in [-0.2, 0) is 9.53 Å². The van der Waals surface area contributed by atoms with Gasteiger partial charge in [0, 0.05) is 6.92 Å². The molecule has 0 saturated carbocycles. The lowest BCUT2D eigenvalue weighted by Gasteiger charge is -1.95. The number of carbonyl (C=O) groups is 1. The zero-order chi connectivity index (χ0) is 7.98. The third kappa shape index (κ3) is 7.21. The van der Waals surface area contributed by atoms with Gasteiger partial charge < -0.3 is 4.74 Å². The van der Waals surface area contributed by atoms with Crippen LogP contribution < -0.4 is 0 Å². The molecule has 0 bridgehead atoms. The lowest BCUT2D eigenvalue weighted by molar-refractivity contribution is -0.139. The summed E-state index contributed by atoms with van der Waals surface area (Å²) in [6.45, 7) is 5.95. The molecule has 0 heterocycles. The smallest absolute Gasteiger partial charge is 0.302 e. The van der Waals surface area contributed by atoms with Crippen LogP contribution in [0.3, 0.4) is 0 Å². The highest BCUT2D eigenvalue weighted by molar-refractivity contribution is 5.65. The molecule has 0 spiro atoms. The predicted octanol–water partition coefficient (Wildman–Crippen LogP) is 1.76. The molecule has 0 aromatic rings. The SMILES string of the molecule is CC(=O)OC/C=C/C(C)C. The lowest BCUT2D eigenvalue weighted by atomic mass is 10.2. The summed E-state index contributed by atoms with van der Waals surface area (Å²) in [6, 6.07) is 0. The van der Waals surface area contributed by atoms with Crippen LogP contribution in [0.5, 0.6) is 0 Å². The quantitative estimate of drug-likeness (QED) is 0.443. The molecule has 10 heavy (non-hydrogen) atoms. The molecule has 0 fully saturated rings. The molecule has 0 aromatic heterocycles. The minimum atomic E-state index is -0.228. The molecule has 0 aliphatic heterocycles. The minimum Gasteiger partial charge on any atom is -0.462 e. The van der Waals surface area contributed by atoms with Gasteiger partial charge in [0.1, 0.15) is 6.61 Å². The van der Waals surface area contributed by atoms with Crippen molar-refractivity contribution >= 4 is 5.97 Å². The first-order valence-corrected chi connectivity index (χ1v) is 3.43. The van der Waals surface area contributed by atoms with Gasteiger partial charge in [0.2, 0.25) is 0 Å². The second-order valence-corrected chi connectivity index (χ2v) is 2.47. The third-order valence-corrected chi connectivity index (χ3v) is 0.904. The molecular weight excluding hydrogens is 128 g/mol. The van der Waals surface area contributed by atoms with Gasteiger partial charge >= 0.3 is 5.97 Å². The molecular formula is C8H14O2. The Hall–Kier alpha value is -0.790. The Morgan fingerprint density at radius 2 is 2.20 bits per heavy atom. The number of hydrogen-bond donors (Lipinski definition) is 0. The van der Waals surface area contributed by atoms with E-state index in [4.69, 9.17) is 0 Å². The number of rotatable bonds is 3. The molecule has 2 nitrogen and oxygen atoms in total. The molecule has 0 radical (unpaired) electrons. The fourth-order valence-corrected chi connectivity index (χ4v) is 0.493. The summed E-state index contributed by atoms with van der Waals surface area (Å²) in [7, 11) is 0. The molecule has 0 atom stereocenters. The van der Waals surface area contributed by atoms with E-state index in [-0.39, 0.29) is 5.97 Å². The molecule has 0 aliphatic rings. The number of carbonyl (C=O) groups excluding carboxylic acids is 1. The number of hydrogen-bond acceptors (Lipinski definition) is 2. The molecule has 0 saturated heterocycles. The Kier molecular flexibility index (Phi) is 4.63. The van der Waals surface area contributed by atoms with E-state index in [9.17, 15) is 4.79 Å². The summed E-state index contributed by atoms with van der Waals surface area (Å²) in [5.41, 5.74) is 0. The van der Waals surface area contributed by atoms with Gasteiger partial charge in [-0.2, -0.15) is 0 Å². The average molecular weight is 142 g/mol. The fraction of sp³-hybridized carbons (Fsp3) is 0.625. The lowest BCUT2D eigenvalue weighted by Crippen LogP contribution is -1.97. The van der Waals surface area contributed by atoms with E-state index in [1.165, 1.54) is 6.92 Å². The molecule has 0 rings (SSSR count). The van der Waals surface area contributed by atoms with Crippen LogP contribution in [0.25, 0.3) is 0 Å². The number of allylic oxidation sites excluding steroid dienone is 1. The zero-order valence-corrected chi connectivity index (χ0v) is 6.76. The Bertz CT molecular complexity index is 125. The van der Waals surface area contributed by atoms with Gasteiger partial charge in [-0.1, -0.05) is 26.0 Å². The number of ether oxygens (including phenoxy) is 1. The van der Waals surface area contributed by atoms with Crippen molar-refractivity contribution in [1.82, 2.24) is 0 Å². The first kappa shape index (κ1) is 9.21. The Labute approximate surface area is 61.9 Å². The van der Waals surface area contributed by atoms with Crippen LogP contribution in [0.2, 0.25) is 0 Å². The summed E-state index contributed by atoms with van der Waals surface area (Å²) in [4.78, 5) is 10.2. The third-order valence-electron chi connectivity index (χ3n) is 0.904. The predicted molar refractivity (Wildman–Crippen MR) is 40.6 cm³/mol. The van der Waals surface area contributed by atoms with Crippen molar-refractivity contribution in [1.29, 1.82) is 0 Å². The topological polar surface area (TPSA) is 26.3 Å². The Morgan fingerprint density at radius 3 is 2.60 bits per heavy atom. The molecule has 0 aromatic carbocycles. The van der Waals surface area contributed by atoms with Crippen LogP contribution in [0.1, 0.15) is 20.8 Å². The van der Waals surface area contributed by atoms with E-state index in [1.807, 2.05) is 12.2 Å². The maximum Gasteiger partial charge on any atom is 0.302 e. The van der Waals surface area contributed by atoms with Crippen LogP contribution >= 0.6 is 0 Å². The fourth-order valence-electron chi connectivity index (χ4n) is 0.493. The summed E-state index contributed by atoms with van der Waals surface area (Å²) >= 11 is 0. The second-order valence-electron chi connectivity index (χ2n) is 2.47. The Morgan fingerprint density at radius 1 is 1.60 bits per heavy atom. The van der Waals surface area contributed by atoms with Crippen molar-refractivity contribution in [3.63, 3.8) is 0 Å². The van der Waals surface area contributed by atoms with E-state index in [2.05, 4.69) is 18.6 Å². The van der Waals surface area contributed by atoms with Gasteiger partial charge in [-0.3, -0.25) is 4.79 Å². The molecule has 0 amide bonds. The van der Waals surface area contributed by atoms with E-state index >= 15 is 0 Å². The van der Waals surface area contributed by atoms with Crippen LogP contribution in [0.4, 0.5) is 0 Å². The molecule has 0 aliphatic carbocycles. The summed E-state index contributed by atoms with van der Waals surface area (Å²) in [5, 5.41) is 0. The molecule has 0 unspecified atom stereocenters. The van der Waals surface area contributed by atoms with Gasteiger partial charge in [-0.25, -0.2) is 0 Å². The van der Waals surface area contributed by atoms with Gasteiger partial charge in [0.05, 0.1) is 0 Å². The van der Waals surface area contributed by atoms with Crippen LogP contribution in [0.15, 0.2) is 12.2 Å². The first-order valence-electron chi connectivity index (χ1n) is 3.43. The maximum atomic E-state index is 10.2. The van der Waals surface area contributed by atoms with Crippen LogP contribution in [0, 0.1) is 5.92 Å². The standard InChI is InChI=1S/C8H14O2/c1-7(2)5-4-6-10-8(3)9/h4-5,7H,6H2,1-3H3/b5-4+. The second kappa shape index (κ2) is 5.03. The van der Waals surface area contributed by atoms with Gasteiger partial charge in [0.15, 0.2) is 0 Å².